The Morgan fingerprint density at radius 2 is 2.05 bits per heavy atom. The second-order valence-corrected chi connectivity index (χ2v) is 6.04. The van der Waals surface area contributed by atoms with E-state index in [4.69, 9.17) is 9.47 Å². The molecule has 20 heavy (non-hydrogen) atoms. The molecule has 0 fully saturated rings. The zero-order valence-electron chi connectivity index (χ0n) is 12.4. The Kier molecular flexibility index (Phi) is 7.51. The van der Waals surface area contributed by atoms with Crippen molar-refractivity contribution in [2.24, 2.45) is 0 Å². The molecule has 0 aliphatic rings. The fraction of sp³-hybridized carbons (Fsp3) is 0.600. The minimum atomic E-state index is -0.770. The standard InChI is InChI=1S/C15H24BrNO3/c1-15(18,6-7-17-8-9-19-2)11-12-10-13(16)4-5-14(12)20-3/h4-5,10,17-18H,6-9,11H2,1-3H3. The maximum Gasteiger partial charge on any atom is 0.122 e. The molecule has 0 aliphatic carbocycles. The number of rotatable bonds is 9. The monoisotopic (exact) mass is 345 g/mol. The van der Waals surface area contributed by atoms with Gasteiger partial charge in [0, 0.05) is 24.5 Å². The molecule has 0 radical (unpaired) electrons. The van der Waals surface area contributed by atoms with Crippen molar-refractivity contribution in [2.75, 3.05) is 33.9 Å². The van der Waals surface area contributed by atoms with Crippen LogP contribution in [0.15, 0.2) is 22.7 Å². The predicted octanol–water partition coefficient (Wildman–Crippen LogP) is 2.38. The number of nitrogens with one attached hydrogen (secondary N) is 1. The molecule has 0 spiro atoms. The van der Waals surface area contributed by atoms with Crippen molar-refractivity contribution in [1.29, 1.82) is 0 Å². The second kappa shape index (κ2) is 8.62. The van der Waals surface area contributed by atoms with Gasteiger partial charge in [-0.3, -0.25) is 0 Å². The Bertz CT molecular complexity index is 410. The number of benzene rings is 1. The SMILES string of the molecule is COCCNCCC(C)(O)Cc1cc(Br)ccc1OC. The highest BCUT2D eigenvalue weighted by Gasteiger charge is 2.22. The molecule has 1 atom stereocenters. The molecule has 1 aromatic rings. The summed E-state index contributed by atoms with van der Waals surface area (Å²) in [6.45, 7) is 4.09. The topological polar surface area (TPSA) is 50.7 Å². The van der Waals surface area contributed by atoms with Crippen LogP contribution in [0.2, 0.25) is 0 Å². The zero-order valence-corrected chi connectivity index (χ0v) is 14.0. The Balaban J connectivity index is 2.54. The summed E-state index contributed by atoms with van der Waals surface area (Å²) in [5.74, 6) is 0.806. The first-order chi connectivity index (χ1) is 9.48. The van der Waals surface area contributed by atoms with E-state index < -0.39 is 5.60 Å². The third-order valence-corrected chi connectivity index (χ3v) is 3.63. The van der Waals surface area contributed by atoms with Crippen LogP contribution < -0.4 is 10.1 Å². The number of halogens is 1. The zero-order chi connectivity index (χ0) is 15.0. The van der Waals surface area contributed by atoms with E-state index in [0.29, 0.717) is 19.4 Å². The number of aliphatic hydroxyl groups is 1. The van der Waals surface area contributed by atoms with Crippen molar-refractivity contribution in [3.63, 3.8) is 0 Å². The summed E-state index contributed by atoms with van der Waals surface area (Å²) in [5, 5.41) is 13.7. The van der Waals surface area contributed by atoms with Crippen LogP contribution in [0.25, 0.3) is 0 Å². The summed E-state index contributed by atoms with van der Waals surface area (Å²) in [4.78, 5) is 0. The van der Waals surface area contributed by atoms with Crippen molar-refractivity contribution < 1.29 is 14.6 Å². The lowest BCUT2D eigenvalue weighted by Crippen LogP contribution is -2.33. The summed E-state index contributed by atoms with van der Waals surface area (Å²) in [7, 11) is 3.32. The summed E-state index contributed by atoms with van der Waals surface area (Å²) in [6, 6.07) is 5.83. The molecule has 114 valence electrons. The normalized spacial score (nSPS) is 14.1. The molecule has 0 amide bonds. The van der Waals surface area contributed by atoms with E-state index in [1.165, 1.54) is 0 Å². The number of methoxy groups -OCH3 is 2. The highest BCUT2D eigenvalue weighted by atomic mass is 79.9. The molecule has 1 rings (SSSR count). The highest BCUT2D eigenvalue weighted by Crippen LogP contribution is 2.27. The minimum absolute atomic E-state index is 0.557. The van der Waals surface area contributed by atoms with Crippen molar-refractivity contribution in [3.05, 3.63) is 28.2 Å². The molecule has 0 saturated carbocycles. The van der Waals surface area contributed by atoms with E-state index in [0.717, 1.165) is 28.9 Å². The highest BCUT2D eigenvalue weighted by molar-refractivity contribution is 9.10. The number of ether oxygens (including phenoxy) is 2. The largest absolute Gasteiger partial charge is 0.496 e. The fourth-order valence-corrected chi connectivity index (χ4v) is 2.45. The van der Waals surface area contributed by atoms with Crippen LogP contribution >= 0.6 is 15.9 Å². The van der Waals surface area contributed by atoms with E-state index in [1.807, 2.05) is 25.1 Å². The second-order valence-electron chi connectivity index (χ2n) is 5.12. The van der Waals surface area contributed by atoms with Crippen LogP contribution in [0.3, 0.4) is 0 Å². The molecule has 5 heteroatoms. The Morgan fingerprint density at radius 3 is 2.70 bits per heavy atom. The smallest absolute Gasteiger partial charge is 0.122 e. The average molecular weight is 346 g/mol. The van der Waals surface area contributed by atoms with Crippen LogP contribution in [0, 0.1) is 0 Å². The average Bonchev–Trinajstić information content (AvgIpc) is 2.38. The lowest BCUT2D eigenvalue weighted by atomic mass is 9.92. The van der Waals surface area contributed by atoms with Crippen LogP contribution in [-0.2, 0) is 11.2 Å². The van der Waals surface area contributed by atoms with E-state index in [1.54, 1.807) is 14.2 Å². The fourth-order valence-electron chi connectivity index (χ4n) is 2.04. The molecule has 1 aromatic carbocycles. The van der Waals surface area contributed by atoms with Gasteiger partial charge < -0.3 is 19.9 Å². The molecular formula is C15H24BrNO3. The van der Waals surface area contributed by atoms with Gasteiger partial charge in [-0.15, -0.1) is 0 Å². The number of hydrogen-bond acceptors (Lipinski definition) is 4. The lowest BCUT2D eigenvalue weighted by Gasteiger charge is -2.24. The molecule has 0 bridgehead atoms. The molecule has 0 aromatic heterocycles. The predicted molar refractivity (Wildman–Crippen MR) is 84.4 cm³/mol. The van der Waals surface area contributed by atoms with Crippen molar-refractivity contribution in [2.45, 2.75) is 25.4 Å². The van der Waals surface area contributed by atoms with Gasteiger partial charge in [-0.05, 0) is 43.7 Å². The van der Waals surface area contributed by atoms with Crippen molar-refractivity contribution in [3.8, 4) is 5.75 Å². The van der Waals surface area contributed by atoms with Gasteiger partial charge in [-0.2, -0.15) is 0 Å². The quantitative estimate of drug-likeness (QED) is 0.674. The molecule has 1 unspecified atom stereocenters. The summed E-state index contributed by atoms with van der Waals surface area (Å²) >= 11 is 3.45. The maximum absolute atomic E-state index is 10.5. The van der Waals surface area contributed by atoms with Gasteiger partial charge in [0.05, 0.1) is 19.3 Å². The summed E-state index contributed by atoms with van der Waals surface area (Å²) < 4.78 is 11.3. The van der Waals surface area contributed by atoms with E-state index in [2.05, 4.69) is 21.2 Å². The van der Waals surface area contributed by atoms with Gasteiger partial charge in [-0.1, -0.05) is 15.9 Å². The van der Waals surface area contributed by atoms with Crippen molar-refractivity contribution in [1.82, 2.24) is 5.32 Å². The Hall–Kier alpha value is -0.620. The third kappa shape index (κ3) is 6.22. The van der Waals surface area contributed by atoms with Gasteiger partial charge in [-0.25, -0.2) is 0 Å². The molecule has 0 saturated heterocycles. The van der Waals surface area contributed by atoms with Crippen LogP contribution in [0.5, 0.6) is 5.75 Å². The van der Waals surface area contributed by atoms with E-state index >= 15 is 0 Å². The lowest BCUT2D eigenvalue weighted by molar-refractivity contribution is 0.0504. The van der Waals surface area contributed by atoms with Gasteiger partial charge >= 0.3 is 0 Å². The van der Waals surface area contributed by atoms with Gasteiger partial charge in [0.15, 0.2) is 0 Å². The molecule has 0 aliphatic heterocycles. The summed E-state index contributed by atoms with van der Waals surface area (Å²) in [5.41, 5.74) is 0.234. The number of hydrogen-bond donors (Lipinski definition) is 2. The molecule has 4 nitrogen and oxygen atoms in total. The van der Waals surface area contributed by atoms with E-state index in [9.17, 15) is 5.11 Å². The van der Waals surface area contributed by atoms with Gasteiger partial charge in [0.1, 0.15) is 5.75 Å². The third-order valence-electron chi connectivity index (χ3n) is 3.14. The van der Waals surface area contributed by atoms with Crippen molar-refractivity contribution >= 4 is 15.9 Å². The maximum atomic E-state index is 10.5. The Labute approximate surface area is 129 Å². The minimum Gasteiger partial charge on any atom is -0.496 e. The van der Waals surface area contributed by atoms with Gasteiger partial charge in [0.25, 0.3) is 0 Å². The first-order valence-corrected chi connectivity index (χ1v) is 7.52. The first-order valence-electron chi connectivity index (χ1n) is 6.73. The van der Waals surface area contributed by atoms with Crippen LogP contribution in [0.1, 0.15) is 18.9 Å². The molecule has 2 N–H and O–H groups in total. The van der Waals surface area contributed by atoms with Crippen LogP contribution in [-0.4, -0.2) is 44.6 Å². The van der Waals surface area contributed by atoms with E-state index in [-0.39, 0.29) is 0 Å². The molecular weight excluding hydrogens is 322 g/mol. The van der Waals surface area contributed by atoms with Crippen LogP contribution in [0.4, 0.5) is 0 Å². The van der Waals surface area contributed by atoms with Gasteiger partial charge in [0.2, 0.25) is 0 Å². The Morgan fingerprint density at radius 1 is 1.30 bits per heavy atom. The summed E-state index contributed by atoms with van der Waals surface area (Å²) in [6.07, 6.45) is 1.23. The molecule has 0 heterocycles. The first kappa shape index (κ1) is 17.4.